The summed E-state index contributed by atoms with van der Waals surface area (Å²) in [5, 5.41) is 12.5. The van der Waals surface area contributed by atoms with E-state index in [2.05, 4.69) is 63.7 Å². The van der Waals surface area contributed by atoms with Gasteiger partial charge < -0.3 is 9.64 Å². The second kappa shape index (κ2) is 5.56. The molecule has 2 aliphatic rings. The summed E-state index contributed by atoms with van der Waals surface area (Å²) >= 11 is 0. The van der Waals surface area contributed by atoms with Crippen LogP contribution in [0.4, 0.5) is 5.95 Å². The van der Waals surface area contributed by atoms with E-state index in [1.54, 1.807) is 7.11 Å². The fourth-order valence-corrected chi connectivity index (χ4v) is 3.98. The van der Waals surface area contributed by atoms with Crippen LogP contribution in [-0.4, -0.2) is 33.9 Å². The maximum absolute atomic E-state index is 5.44. The van der Waals surface area contributed by atoms with Gasteiger partial charge in [-0.15, -0.1) is 0 Å². The quantitative estimate of drug-likeness (QED) is 0.729. The molecule has 0 amide bonds. The predicted molar refractivity (Wildman–Crippen MR) is 98.8 cm³/mol. The highest BCUT2D eigenvalue weighted by Gasteiger charge is 2.50. The minimum atomic E-state index is 0.214. The van der Waals surface area contributed by atoms with Crippen molar-refractivity contribution in [1.29, 1.82) is 0 Å². The molecular weight excluding hydrogens is 326 g/mol. The fraction of sp³-hybridized carbons (Fsp3) is 0.350. The highest BCUT2D eigenvalue weighted by molar-refractivity contribution is 5.52. The molecule has 0 atom stereocenters. The number of benzene rings is 2. The number of hydrogen-bond acceptors (Lipinski definition) is 5. The molecule has 0 N–H and O–H groups in total. The molecule has 2 heterocycles. The number of tetrazole rings is 1. The molecule has 5 rings (SSSR count). The van der Waals surface area contributed by atoms with Crippen molar-refractivity contribution in [2.24, 2.45) is 0 Å². The summed E-state index contributed by atoms with van der Waals surface area (Å²) in [7, 11) is 1.73. The standard InChI is InChI=1S/C20H21N5O/c1-14-3-6-16(7-4-14)25-19(21-22-23-25)24-12-15-5-8-17(26-2)11-18(15)20(13-24)9-10-20/h3-8,11H,9-10,12-13H2,1-2H3. The van der Waals surface area contributed by atoms with E-state index >= 15 is 0 Å². The van der Waals surface area contributed by atoms with E-state index in [1.165, 1.54) is 29.5 Å². The van der Waals surface area contributed by atoms with Gasteiger partial charge in [0.2, 0.25) is 0 Å². The molecule has 6 heteroatoms. The summed E-state index contributed by atoms with van der Waals surface area (Å²) < 4.78 is 7.27. The fourth-order valence-electron chi connectivity index (χ4n) is 3.98. The molecule has 26 heavy (non-hydrogen) atoms. The highest BCUT2D eigenvalue weighted by atomic mass is 16.5. The molecule has 6 nitrogen and oxygen atoms in total. The average molecular weight is 347 g/mol. The van der Waals surface area contributed by atoms with Gasteiger partial charge >= 0.3 is 0 Å². The lowest BCUT2D eigenvalue weighted by Crippen LogP contribution is -2.39. The summed E-state index contributed by atoms with van der Waals surface area (Å²) in [5.41, 5.74) is 5.20. The van der Waals surface area contributed by atoms with Gasteiger partial charge in [-0.25, -0.2) is 0 Å². The Morgan fingerprint density at radius 1 is 1.08 bits per heavy atom. The third kappa shape index (κ3) is 2.36. The molecule has 0 bridgehead atoms. The Bertz CT molecular complexity index is 959. The summed E-state index contributed by atoms with van der Waals surface area (Å²) in [6.07, 6.45) is 2.41. The molecule has 132 valence electrons. The maximum atomic E-state index is 5.44. The number of aromatic nitrogens is 4. The average Bonchev–Trinajstić information content (AvgIpc) is 3.26. The van der Waals surface area contributed by atoms with Gasteiger partial charge in [0.15, 0.2) is 0 Å². The molecule has 1 aromatic heterocycles. The van der Waals surface area contributed by atoms with E-state index in [0.29, 0.717) is 0 Å². The monoisotopic (exact) mass is 347 g/mol. The zero-order valence-electron chi connectivity index (χ0n) is 15.0. The van der Waals surface area contributed by atoms with Crippen molar-refractivity contribution in [2.75, 3.05) is 18.6 Å². The molecule has 1 saturated carbocycles. The molecule has 0 unspecified atom stereocenters. The highest BCUT2D eigenvalue weighted by Crippen LogP contribution is 2.53. The number of hydrogen-bond donors (Lipinski definition) is 0. The van der Waals surface area contributed by atoms with Gasteiger partial charge in [-0.1, -0.05) is 28.9 Å². The normalized spacial score (nSPS) is 17.2. The van der Waals surface area contributed by atoms with Crippen LogP contribution in [0.15, 0.2) is 42.5 Å². The lowest BCUT2D eigenvalue weighted by Gasteiger charge is -2.35. The smallest absolute Gasteiger partial charge is 0.250 e. The minimum absolute atomic E-state index is 0.214. The Morgan fingerprint density at radius 2 is 1.88 bits per heavy atom. The van der Waals surface area contributed by atoms with E-state index in [4.69, 9.17) is 4.74 Å². The van der Waals surface area contributed by atoms with Crippen LogP contribution in [0.25, 0.3) is 5.69 Å². The van der Waals surface area contributed by atoms with E-state index in [0.717, 1.165) is 30.5 Å². The first-order valence-electron chi connectivity index (χ1n) is 8.96. The number of fused-ring (bicyclic) bond motifs is 2. The third-order valence-corrected chi connectivity index (χ3v) is 5.61. The molecule has 1 aliphatic carbocycles. The van der Waals surface area contributed by atoms with Crippen LogP contribution in [-0.2, 0) is 12.0 Å². The number of methoxy groups -OCH3 is 1. The van der Waals surface area contributed by atoms with Crippen molar-refractivity contribution in [3.8, 4) is 11.4 Å². The van der Waals surface area contributed by atoms with Crippen LogP contribution in [0.5, 0.6) is 5.75 Å². The maximum Gasteiger partial charge on any atom is 0.250 e. The Morgan fingerprint density at radius 3 is 2.62 bits per heavy atom. The molecule has 0 radical (unpaired) electrons. The second-order valence-electron chi connectivity index (χ2n) is 7.39. The molecule has 1 spiro atoms. The van der Waals surface area contributed by atoms with Crippen molar-refractivity contribution in [3.63, 3.8) is 0 Å². The summed E-state index contributed by atoms with van der Waals surface area (Å²) in [5.74, 6) is 1.74. The van der Waals surface area contributed by atoms with Crippen LogP contribution in [0.3, 0.4) is 0 Å². The van der Waals surface area contributed by atoms with Crippen molar-refractivity contribution >= 4 is 5.95 Å². The van der Waals surface area contributed by atoms with E-state index in [1.807, 2.05) is 10.7 Å². The van der Waals surface area contributed by atoms with Gasteiger partial charge in [-0.2, -0.15) is 4.68 Å². The van der Waals surface area contributed by atoms with Crippen molar-refractivity contribution in [2.45, 2.75) is 31.7 Å². The Hall–Kier alpha value is -2.89. The van der Waals surface area contributed by atoms with Gasteiger partial charge in [0.1, 0.15) is 5.75 Å². The van der Waals surface area contributed by atoms with E-state index in [9.17, 15) is 0 Å². The number of rotatable bonds is 3. The number of anilines is 1. The van der Waals surface area contributed by atoms with Gasteiger partial charge in [-0.05, 0) is 65.6 Å². The molecule has 3 aromatic rings. The van der Waals surface area contributed by atoms with Crippen LogP contribution in [0, 0.1) is 6.92 Å². The van der Waals surface area contributed by atoms with Gasteiger partial charge in [0.25, 0.3) is 5.95 Å². The number of aryl methyl sites for hydroxylation is 1. The zero-order valence-corrected chi connectivity index (χ0v) is 15.0. The topological polar surface area (TPSA) is 56.1 Å². The summed E-state index contributed by atoms with van der Waals surface area (Å²) in [4.78, 5) is 2.31. The van der Waals surface area contributed by atoms with Crippen LogP contribution >= 0.6 is 0 Å². The first-order valence-corrected chi connectivity index (χ1v) is 8.96. The summed E-state index contributed by atoms with van der Waals surface area (Å²) in [6.45, 7) is 3.84. The van der Waals surface area contributed by atoms with Gasteiger partial charge in [-0.3, -0.25) is 0 Å². The second-order valence-corrected chi connectivity index (χ2v) is 7.39. The number of ether oxygens (including phenoxy) is 1. The lowest BCUT2D eigenvalue weighted by molar-refractivity contribution is 0.412. The predicted octanol–water partition coefficient (Wildman–Crippen LogP) is 3.03. The molecule has 2 aromatic carbocycles. The summed E-state index contributed by atoms with van der Waals surface area (Å²) in [6, 6.07) is 14.7. The van der Waals surface area contributed by atoms with E-state index in [-0.39, 0.29) is 5.41 Å². The molecular formula is C20H21N5O. The first kappa shape index (κ1) is 15.4. The van der Waals surface area contributed by atoms with Crippen molar-refractivity contribution < 1.29 is 4.74 Å². The zero-order chi connectivity index (χ0) is 17.7. The van der Waals surface area contributed by atoms with Crippen molar-refractivity contribution in [1.82, 2.24) is 20.2 Å². The SMILES string of the molecule is COc1ccc2c(c1)C1(CC1)CN(c1nnnn1-c1ccc(C)cc1)C2. The lowest BCUT2D eigenvalue weighted by atomic mass is 9.87. The first-order chi connectivity index (χ1) is 12.7. The molecule has 0 saturated heterocycles. The van der Waals surface area contributed by atoms with Gasteiger partial charge in [0, 0.05) is 18.5 Å². The van der Waals surface area contributed by atoms with Crippen LogP contribution in [0.2, 0.25) is 0 Å². The van der Waals surface area contributed by atoms with E-state index < -0.39 is 0 Å². The third-order valence-electron chi connectivity index (χ3n) is 5.61. The molecule has 1 fully saturated rings. The van der Waals surface area contributed by atoms with Crippen LogP contribution < -0.4 is 9.64 Å². The van der Waals surface area contributed by atoms with Gasteiger partial charge in [0.05, 0.1) is 12.8 Å². The Balaban J connectivity index is 1.53. The Labute approximate surface area is 152 Å². The largest absolute Gasteiger partial charge is 0.497 e. The molecule has 1 aliphatic heterocycles. The van der Waals surface area contributed by atoms with Crippen molar-refractivity contribution in [3.05, 3.63) is 59.2 Å². The van der Waals surface area contributed by atoms with Crippen LogP contribution in [0.1, 0.15) is 29.5 Å². The minimum Gasteiger partial charge on any atom is -0.497 e. The number of nitrogens with zero attached hydrogens (tertiary/aromatic N) is 5. The Kier molecular flexibility index (Phi) is 3.29.